The summed E-state index contributed by atoms with van der Waals surface area (Å²) in [5.74, 6) is -0.882. The number of carboxylic acid groups (broad SMARTS) is 1. The van der Waals surface area contributed by atoms with Crippen molar-refractivity contribution in [3.8, 4) is 0 Å². The van der Waals surface area contributed by atoms with Crippen molar-refractivity contribution in [2.75, 3.05) is 6.54 Å². The van der Waals surface area contributed by atoms with Gasteiger partial charge >= 0.3 is 5.97 Å². The fourth-order valence-electron chi connectivity index (χ4n) is 3.13. The van der Waals surface area contributed by atoms with Crippen LogP contribution in [0.3, 0.4) is 0 Å². The average Bonchev–Trinajstić information content (AvgIpc) is 2.93. The van der Waals surface area contributed by atoms with Gasteiger partial charge in [0.15, 0.2) is 0 Å². The molecule has 25 heavy (non-hydrogen) atoms. The number of likely N-dealkylation sites (tertiary alicyclic amines) is 1. The highest BCUT2D eigenvalue weighted by atomic mass is 16.4. The molecule has 1 aromatic carbocycles. The highest BCUT2D eigenvalue weighted by Crippen LogP contribution is 2.27. The van der Waals surface area contributed by atoms with Crippen molar-refractivity contribution >= 4 is 11.9 Å². The Labute approximate surface area is 147 Å². The van der Waals surface area contributed by atoms with E-state index in [2.05, 4.69) is 6.92 Å². The van der Waals surface area contributed by atoms with E-state index in [-0.39, 0.29) is 24.3 Å². The molecule has 0 saturated carbocycles. The molecule has 6 heteroatoms. The van der Waals surface area contributed by atoms with Crippen molar-refractivity contribution in [1.82, 2.24) is 4.90 Å². The molecule has 3 N–H and O–H groups in total. The lowest BCUT2D eigenvalue weighted by Crippen LogP contribution is -2.36. The number of carbonyl (C=O) groups excluding carboxylic acids is 1. The third-order valence-corrected chi connectivity index (χ3v) is 4.50. The van der Waals surface area contributed by atoms with Gasteiger partial charge in [-0.2, -0.15) is 0 Å². The first kappa shape index (κ1) is 19.1. The Bertz CT molecular complexity index is 616. The minimum Gasteiger partial charge on any atom is -0.481 e. The topological polar surface area (TPSA) is 98.1 Å². The summed E-state index contributed by atoms with van der Waals surface area (Å²) >= 11 is 0. The molecule has 0 aliphatic carbocycles. The van der Waals surface area contributed by atoms with E-state index in [1.807, 2.05) is 18.2 Å². The lowest BCUT2D eigenvalue weighted by atomic mass is 10.0. The quantitative estimate of drug-likeness (QED) is 0.652. The van der Waals surface area contributed by atoms with Gasteiger partial charge in [0, 0.05) is 18.5 Å². The molecule has 0 unspecified atom stereocenters. The van der Waals surface area contributed by atoms with E-state index in [0.717, 1.165) is 6.42 Å². The molecular weight excluding hydrogens is 322 g/mol. The van der Waals surface area contributed by atoms with Crippen molar-refractivity contribution in [3.63, 3.8) is 0 Å². The molecular formula is C19H25NO5. The van der Waals surface area contributed by atoms with Crippen molar-refractivity contribution in [2.45, 2.75) is 44.4 Å². The molecule has 0 bridgehead atoms. The third kappa shape index (κ3) is 5.41. The maximum atomic E-state index is 12.7. The molecule has 0 radical (unpaired) electrons. The summed E-state index contributed by atoms with van der Waals surface area (Å²) in [6.07, 6.45) is 1.72. The molecule has 1 amide bonds. The van der Waals surface area contributed by atoms with E-state index in [0.29, 0.717) is 12.1 Å². The predicted molar refractivity (Wildman–Crippen MR) is 93.1 cm³/mol. The molecule has 136 valence electrons. The Hall–Kier alpha value is -2.18. The number of hydrogen-bond donors (Lipinski definition) is 3. The van der Waals surface area contributed by atoms with E-state index in [1.165, 1.54) is 0 Å². The first-order chi connectivity index (χ1) is 11.9. The molecule has 1 saturated heterocycles. The van der Waals surface area contributed by atoms with Crippen LogP contribution >= 0.6 is 0 Å². The van der Waals surface area contributed by atoms with Gasteiger partial charge in [0.2, 0.25) is 0 Å². The lowest BCUT2D eigenvalue weighted by Gasteiger charge is -2.25. The Balaban J connectivity index is 2.00. The number of amides is 1. The highest BCUT2D eigenvalue weighted by Gasteiger charge is 2.33. The molecule has 2 rings (SSSR count). The first-order valence-corrected chi connectivity index (χ1v) is 8.50. The zero-order valence-electron chi connectivity index (χ0n) is 14.3. The van der Waals surface area contributed by atoms with Gasteiger partial charge in [0.1, 0.15) is 0 Å². The summed E-state index contributed by atoms with van der Waals surface area (Å²) in [5, 5.41) is 28.2. The van der Waals surface area contributed by atoms with Crippen LogP contribution in [0.25, 0.3) is 0 Å². The van der Waals surface area contributed by atoms with Crippen LogP contribution in [-0.2, 0) is 4.79 Å². The summed E-state index contributed by atoms with van der Waals surface area (Å²) < 4.78 is 0. The molecule has 1 aliphatic heterocycles. The number of carboxylic acids is 1. The van der Waals surface area contributed by atoms with Crippen LogP contribution in [-0.4, -0.2) is 56.9 Å². The third-order valence-electron chi connectivity index (χ3n) is 4.50. The number of hydrogen-bond acceptors (Lipinski definition) is 4. The van der Waals surface area contributed by atoms with Gasteiger partial charge in [-0.05, 0) is 24.5 Å². The fraction of sp³-hybridized carbons (Fsp3) is 0.474. The van der Waals surface area contributed by atoms with E-state index >= 15 is 0 Å². The predicted octanol–water partition coefficient (Wildman–Crippen LogP) is 1.68. The van der Waals surface area contributed by atoms with Crippen molar-refractivity contribution in [1.29, 1.82) is 0 Å². The van der Waals surface area contributed by atoms with Crippen molar-refractivity contribution in [2.24, 2.45) is 5.92 Å². The number of rotatable bonds is 7. The van der Waals surface area contributed by atoms with Crippen LogP contribution in [0.15, 0.2) is 42.5 Å². The monoisotopic (exact) mass is 347 g/mol. The Morgan fingerprint density at radius 1 is 1.28 bits per heavy atom. The molecule has 1 fully saturated rings. The average molecular weight is 347 g/mol. The molecule has 1 aromatic rings. The Morgan fingerprint density at radius 3 is 2.60 bits per heavy atom. The van der Waals surface area contributed by atoms with Crippen LogP contribution < -0.4 is 0 Å². The number of aliphatic hydroxyl groups is 2. The molecule has 1 aliphatic rings. The minimum absolute atomic E-state index is 0.0417. The van der Waals surface area contributed by atoms with Gasteiger partial charge in [-0.25, -0.2) is 0 Å². The van der Waals surface area contributed by atoms with Gasteiger partial charge in [0.25, 0.3) is 5.91 Å². The second-order valence-electron chi connectivity index (χ2n) is 6.56. The standard InChI is InChI=1S/C19H25NO5/c1-13-9-10-20(19(25)14-5-3-2-4-6-14)17(13)8-7-15(21)11-16(22)12-18(23)24/h2-8,13,15-17,21-22H,9-12H2,1H3,(H,23,24)/b8-7+/t13-,15+,16+,17-/m0/s1. The maximum Gasteiger partial charge on any atom is 0.305 e. The normalized spacial score (nSPS) is 22.9. The molecule has 1 heterocycles. The Kier molecular flexibility index (Phi) is 6.73. The number of nitrogens with zero attached hydrogens (tertiary/aromatic N) is 1. The van der Waals surface area contributed by atoms with E-state index < -0.39 is 24.6 Å². The largest absolute Gasteiger partial charge is 0.481 e. The van der Waals surface area contributed by atoms with E-state index in [1.54, 1.807) is 29.2 Å². The number of aliphatic carboxylic acids is 1. The molecule has 4 atom stereocenters. The molecule has 6 nitrogen and oxygen atoms in total. The van der Waals surface area contributed by atoms with Crippen molar-refractivity contribution < 1.29 is 24.9 Å². The second-order valence-corrected chi connectivity index (χ2v) is 6.56. The number of aliphatic hydroxyl groups excluding tert-OH is 2. The Morgan fingerprint density at radius 2 is 1.96 bits per heavy atom. The van der Waals surface area contributed by atoms with Gasteiger partial charge in [-0.1, -0.05) is 37.3 Å². The van der Waals surface area contributed by atoms with Gasteiger partial charge < -0.3 is 20.2 Å². The molecule has 0 aromatic heterocycles. The highest BCUT2D eigenvalue weighted by molar-refractivity contribution is 5.94. The first-order valence-electron chi connectivity index (χ1n) is 8.50. The van der Waals surface area contributed by atoms with Crippen LogP contribution in [0, 0.1) is 5.92 Å². The number of carbonyl (C=O) groups is 2. The summed E-state index contributed by atoms with van der Waals surface area (Å²) in [5.41, 5.74) is 0.632. The minimum atomic E-state index is -1.10. The summed E-state index contributed by atoms with van der Waals surface area (Å²) in [6, 6.07) is 8.95. The zero-order chi connectivity index (χ0) is 18.4. The van der Waals surface area contributed by atoms with E-state index in [4.69, 9.17) is 5.11 Å². The van der Waals surface area contributed by atoms with Crippen LogP contribution in [0.4, 0.5) is 0 Å². The summed E-state index contributed by atoms with van der Waals surface area (Å²) in [4.78, 5) is 25.0. The van der Waals surface area contributed by atoms with Gasteiger partial charge in [-0.15, -0.1) is 0 Å². The zero-order valence-corrected chi connectivity index (χ0v) is 14.3. The van der Waals surface area contributed by atoms with Crippen LogP contribution in [0.1, 0.15) is 36.5 Å². The smallest absolute Gasteiger partial charge is 0.305 e. The maximum absolute atomic E-state index is 12.7. The fourth-order valence-corrected chi connectivity index (χ4v) is 3.13. The van der Waals surface area contributed by atoms with Crippen molar-refractivity contribution in [3.05, 3.63) is 48.0 Å². The molecule has 0 spiro atoms. The summed E-state index contributed by atoms with van der Waals surface area (Å²) in [7, 11) is 0. The van der Waals surface area contributed by atoms with Gasteiger partial charge in [0.05, 0.1) is 24.7 Å². The van der Waals surface area contributed by atoms with Gasteiger partial charge in [-0.3, -0.25) is 9.59 Å². The van der Waals surface area contributed by atoms with Crippen LogP contribution in [0.2, 0.25) is 0 Å². The lowest BCUT2D eigenvalue weighted by molar-refractivity contribution is -0.139. The van der Waals surface area contributed by atoms with Crippen LogP contribution in [0.5, 0.6) is 0 Å². The number of benzene rings is 1. The second kappa shape index (κ2) is 8.78. The summed E-state index contributed by atoms with van der Waals surface area (Å²) in [6.45, 7) is 2.71. The SMILES string of the molecule is C[C@H]1CCN(C(=O)c2ccccc2)[C@H]1/C=C/[C@@H](O)C[C@@H](O)CC(=O)O. The van der Waals surface area contributed by atoms with E-state index in [9.17, 15) is 19.8 Å².